The molecule has 1 aromatic heterocycles. The number of anilines is 1. The van der Waals surface area contributed by atoms with Gasteiger partial charge >= 0.3 is 0 Å². The summed E-state index contributed by atoms with van der Waals surface area (Å²) < 4.78 is 32.2. The molecule has 0 aliphatic carbocycles. The summed E-state index contributed by atoms with van der Waals surface area (Å²) in [5.74, 6) is -0.156. The van der Waals surface area contributed by atoms with Gasteiger partial charge in [-0.15, -0.1) is 0 Å². The average Bonchev–Trinajstić information content (AvgIpc) is 3.30. The zero-order valence-corrected chi connectivity index (χ0v) is 20.4. The Morgan fingerprint density at radius 1 is 1.00 bits per heavy atom. The fourth-order valence-electron chi connectivity index (χ4n) is 4.31. The number of nitrogens with zero attached hydrogens (tertiary/aromatic N) is 4. The molecule has 2 saturated heterocycles. The van der Waals surface area contributed by atoms with Gasteiger partial charge in [-0.2, -0.15) is 4.31 Å². The van der Waals surface area contributed by atoms with Crippen LogP contribution in [0.5, 0.6) is 0 Å². The minimum Gasteiger partial charge on any atom is -0.351 e. The van der Waals surface area contributed by atoms with Crippen LogP contribution in [0.2, 0.25) is 0 Å². The van der Waals surface area contributed by atoms with Gasteiger partial charge in [0, 0.05) is 51.0 Å². The number of hydrogen-bond donors (Lipinski definition) is 1. The largest absolute Gasteiger partial charge is 0.351 e. The highest BCUT2D eigenvalue weighted by atomic mass is 32.2. The molecule has 0 saturated carbocycles. The Balaban J connectivity index is 1.30. The Hall–Kier alpha value is -2.76. The highest BCUT2D eigenvalue weighted by molar-refractivity contribution is 7.89. The number of aromatic nitrogens is 1. The van der Waals surface area contributed by atoms with Crippen LogP contribution in [-0.2, 0) is 14.8 Å². The minimum absolute atomic E-state index is 0.183. The van der Waals surface area contributed by atoms with E-state index in [9.17, 15) is 18.0 Å². The molecule has 2 aliphatic heterocycles. The van der Waals surface area contributed by atoms with Crippen LogP contribution in [0.4, 0.5) is 5.69 Å². The molecule has 34 heavy (non-hydrogen) atoms. The molecule has 1 N–H and O–H groups in total. The molecule has 2 amide bonds. The Kier molecular flexibility index (Phi) is 7.34. The van der Waals surface area contributed by atoms with Crippen molar-refractivity contribution in [3.63, 3.8) is 0 Å². The van der Waals surface area contributed by atoms with Gasteiger partial charge in [0.05, 0.1) is 16.6 Å². The first kappa shape index (κ1) is 24.4. The van der Waals surface area contributed by atoms with Crippen molar-refractivity contribution < 1.29 is 22.5 Å². The highest BCUT2D eigenvalue weighted by Crippen LogP contribution is 2.22. The molecular formula is C23H31N5O5S. The van der Waals surface area contributed by atoms with Gasteiger partial charge in [-0.1, -0.05) is 11.6 Å². The van der Waals surface area contributed by atoms with E-state index in [1.54, 1.807) is 42.2 Å². The summed E-state index contributed by atoms with van der Waals surface area (Å²) >= 11 is 0. The summed E-state index contributed by atoms with van der Waals surface area (Å²) in [4.78, 5) is 29.3. The lowest BCUT2D eigenvalue weighted by Gasteiger charge is -2.37. The third kappa shape index (κ3) is 5.31. The highest BCUT2D eigenvalue weighted by Gasteiger charge is 2.30. The second kappa shape index (κ2) is 10.2. The molecule has 0 bridgehead atoms. The lowest BCUT2D eigenvalue weighted by atomic mass is 10.2. The fraction of sp³-hybridized carbons (Fsp3) is 0.522. The summed E-state index contributed by atoms with van der Waals surface area (Å²) in [6, 6.07) is 7.55. The van der Waals surface area contributed by atoms with Crippen LogP contribution in [0, 0.1) is 6.92 Å². The van der Waals surface area contributed by atoms with E-state index in [2.05, 4.69) is 10.5 Å². The van der Waals surface area contributed by atoms with Gasteiger partial charge < -0.3 is 14.7 Å². The smallest absolute Gasteiger partial charge is 0.292 e. The van der Waals surface area contributed by atoms with Gasteiger partial charge in [0.1, 0.15) is 0 Å². The number of hydrogen-bond acceptors (Lipinski definition) is 7. The van der Waals surface area contributed by atoms with E-state index in [0.717, 1.165) is 19.3 Å². The molecule has 184 valence electrons. The maximum absolute atomic E-state index is 12.8. The molecule has 0 radical (unpaired) electrons. The van der Waals surface area contributed by atoms with Crippen molar-refractivity contribution in [3.05, 3.63) is 41.8 Å². The van der Waals surface area contributed by atoms with Crippen molar-refractivity contribution in [1.82, 2.24) is 19.3 Å². The quantitative estimate of drug-likeness (QED) is 0.659. The first-order valence-electron chi connectivity index (χ1n) is 11.6. The predicted octanol–water partition coefficient (Wildman–Crippen LogP) is 1.94. The number of piperazine rings is 1. The molecule has 1 unspecified atom stereocenters. The van der Waals surface area contributed by atoms with Crippen molar-refractivity contribution in [2.24, 2.45) is 0 Å². The lowest BCUT2D eigenvalue weighted by molar-refractivity contribution is -0.121. The van der Waals surface area contributed by atoms with Gasteiger partial charge in [0.15, 0.2) is 0 Å². The third-order valence-electron chi connectivity index (χ3n) is 6.44. The van der Waals surface area contributed by atoms with E-state index in [1.807, 2.05) is 11.8 Å². The van der Waals surface area contributed by atoms with E-state index in [4.69, 9.17) is 4.52 Å². The van der Waals surface area contributed by atoms with Gasteiger partial charge in [0.2, 0.25) is 21.7 Å². The number of benzene rings is 1. The molecule has 3 heterocycles. The number of amides is 2. The number of sulfonamides is 1. The number of carbonyl (C=O) groups excluding carboxylic acids is 2. The molecule has 4 rings (SSSR count). The van der Waals surface area contributed by atoms with Crippen molar-refractivity contribution in [2.45, 2.75) is 44.0 Å². The number of aryl methyl sites for hydroxylation is 1. The number of carbonyl (C=O) groups is 2. The lowest BCUT2D eigenvalue weighted by Crippen LogP contribution is -2.54. The van der Waals surface area contributed by atoms with Crippen LogP contribution in [0.15, 0.2) is 39.8 Å². The first-order valence-corrected chi connectivity index (χ1v) is 13.1. The Labute approximate surface area is 199 Å². The van der Waals surface area contributed by atoms with Gasteiger partial charge in [-0.3, -0.25) is 14.5 Å². The zero-order chi connectivity index (χ0) is 24.3. The van der Waals surface area contributed by atoms with Crippen molar-refractivity contribution in [1.29, 1.82) is 0 Å². The summed E-state index contributed by atoms with van der Waals surface area (Å²) in [7, 11) is -3.50. The average molecular weight is 490 g/mol. The third-order valence-corrected chi connectivity index (χ3v) is 8.35. The molecule has 1 aromatic carbocycles. The number of rotatable bonds is 6. The van der Waals surface area contributed by atoms with Crippen LogP contribution in [0.25, 0.3) is 0 Å². The second-order valence-electron chi connectivity index (χ2n) is 8.82. The second-order valence-corrected chi connectivity index (χ2v) is 10.8. The Morgan fingerprint density at radius 2 is 1.65 bits per heavy atom. The SMILES string of the molecule is Cc1cc(C(=O)N2CCN(C(C)C(=O)Nc3ccc(S(=O)(=O)N4CCCCC4)cc3)CC2)on1. The van der Waals surface area contributed by atoms with Crippen LogP contribution < -0.4 is 5.32 Å². The molecule has 2 aromatic rings. The van der Waals surface area contributed by atoms with Crippen LogP contribution in [-0.4, -0.2) is 84.8 Å². The normalized spacial score (nSPS) is 19.1. The maximum Gasteiger partial charge on any atom is 0.292 e. The van der Waals surface area contributed by atoms with Crippen LogP contribution in [0.3, 0.4) is 0 Å². The van der Waals surface area contributed by atoms with Crippen molar-refractivity contribution in [2.75, 3.05) is 44.6 Å². The van der Waals surface area contributed by atoms with E-state index in [1.165, 1.54) is 4.31 Å². The molecule has 11 heteroatoms. The molecule has 0 spiro atoms. The Bertz CT molecular complexity index is 1120. The molecule has 2 aliphatic rings. The van der Waals surface area contributed by atoms with Gasteiger partial charge in [-0.05, 0) is 51.0 Å². The van der Waals surface area contributed by atoms with E-state index in [0.29, 0.717) is 50.6 Å². The standard InChI is InChI=1S/C23H31N5O5S/c1-17-16-21(33-25-17)23(30)27-14-12-26(13-15-27)18(2)22(29)24-19-6-8-20(9-7-19)34(31,32)28-10-4-3-5-11-28/h6-9,16,18H,3-5,10-15H2,1-2H3,(H,24,29). The first-order chi connectivity index (χ1) is 16.3. The number of nitrogens with one attached hydrogen (secondary N) is 1. The Morgan fingerprint density at radius 3 is 2.24 bits per heavy atom. The zero-order valence-electron chi connectivity index (χ0n) is 19.6. The monoisotopic (exact) mass is 489 g/mol. The summed E-state index contributed by atoms with van der Waals surface area (Å²) in [6.45, 7) is 6.77. The van der Waals surface area contributed by atoms with Crippen molar-refractivity contribution in [3.8, 4) is 0 Å². The molecule has 1 atom stereocenters. The summed E-state index contributed by atoms with van der Waals surface area (Å²) in [5, 5.41) is 6.63. The van der Waals surface area contributed by atoms with Crippen molar-refractivity contribution >= 4 is 27.5 Å². The molecular weight excluding hydrogens is 458 g/mol. The molecule has 10 nitrogen and oxygen atoms in total. The van der Waals surface area contributed by atoms with Gasteiger partial charge in [0.25, 0.3) is 5.91 Å². The van der Waals surface area contributed by atoms with Crippen LogP contribution >= 0.6 is 0 Å². The summed E-state index contributed by atoms with van der Waals surface area (Å²) in [5.41, 5.74) is 1.20. The summed E-state index contributed by atoms with van der Waals surface area (Å²) in [6.07, 6.45) is 2.82. The topological polar surface area (TPSA) is 116 Å². The minimum atomic E-state index is -3.50. The maximum atomic E-state index is 12.8. The van der Waals surface area contributed by atoms with E-state index < -0.39 is 16.1 Å². The van der Waals surface area contributed by atoms with E-state index >= 15 is 0 Å². The van der Waals surface area contributed by atoms with Gasteiger partial charge in [-0.25, -0.2) is 8.42 Å². The van der Waals surface area contributed by atoms with Crippen LogP contribution in [0.1, 0.15) is 42.4 Å². The fourth-order valence-corrected chi connectivity index (χ4v) is 5.83. The number of piperidine rings is 1. The van der Waals surface area contributed by atoms with E-state index in [-0.39, 0.29) is 22.5 Å². The molecule has 2 fully saturated rings. The predicted molar refractivity (Wildman–Crippen MR) is 126 cm³/mol.